The zero-order chi connectivity index (χ0) is 11.2. The maximum absolute atomic E-state index is 11.6. The highest BCUT2D eigenvalue weighted by atomic mass is 16.4. The Kier molecular flexibility index (Phi) is 1.93. The molecular weight excluding hydrogens is 196 g/mol. The number of aromatic hydroxyl groups is 2. The molecule has 0 spiro atoms. The van der Waals surface area contributed by atoms with Gasteiger partial charge in [0.1, 0.15) is 22.5 Å². The summed E-state index contributed by atoms with van der Waals surface area (Å²) >= 11 is 0. The van der Waals surface area contributed by atoms with Crippen LogP contribution in [0.4, 0.5) is 0 Å². The van der Waals surface area contributed by atoms with E-state index < -0.39 is 11.2 Å². The zero-order valence-electron chi connectivity index (χ0n) is 8.37. The molecule has 2 rings (SSSR count). The fraction of sp³-hybridized carbons (Fsp3) is 0.182. The lowest BCUT2D eigenvalue weighted by Gasteiger charge is -2.04. The molecule has 0 saturated heterocycles. The van der Waals surface area contributed by atoms with Crippen molar-refractivity contribution < 1.29 is 14.6 Å². The maximum Gasteiger partial charge on any atom is 0.238 e. The third kappa shape index (κ3) is 1.34. The predicted octanol–water partition coefficient (Wildman–Crippen LogP) is 1.82. The number of benzene rings is 1. The van der Waals surface area contributed by atoms with Crippen LogP contribution in [0.1, 0.15) is 11.3 Å². The molecule has 2 N–H and O–H groups in total. The summed E-state index contributed by atoms with van der Waals surface area (Å²) in [6, 6.07) is 3.09. The largest absolute Gasteiger partial charge is 0.507 e. The van der Waals surface area contributed by atoms with E-state index in [1.807, 2.05) is 0 Å². The molecule has 0 amide bonds. The minimum atomic E-state index is -0.605. The third-order valence-electron chi connectivity index (χ3n) is 2.26. The van der Waals surface area contributed by atoms with E-state index in [1.165, 1.54) is 13.0 Å². The molecule has 0 saturated carbocycles. The molecule has 0 unspecified atom stereocenters. The van der Waals surface area contributed by atoms with Crippen LogP contribution < -0.4 is 5.43 Å². The average Bonchev–Trinajstić information content (AvgIpc) is 2.13. The summed E-state index contributed by atoms with van der Waals surface area (Å²) in [5.41, 5.74) is 0.465. The summed E-state index contributed by atoms with van der Waals surface area (Å²) in [5, 5.41) is 19.0. The summed E-state index contributed by atoms with van der Waals surface area (Å²) in [7, 11) is 0. The zero-order valence-corrected chi connectivity index (χ0v) is 8.37. The Hall–Kier alpha value is -1.97. The number of hydrogen-bond donors (Lipinski definition) is 2. The predicted molar refractivity (Wildman–Crippen MR) is 55.3 cm³/mol. The summed E-state index contributed by atoms with van der Waals surface area (Å²) in [5.74, 6) is -0.479. The average molecular weight is 206 g/mol. The Labute approximate surface area is 85.4 Å². The van der Waals surface area contributed by atoms with Gasteiger partial charge in [-0.1, -0.05) is 0 Å². The first-order chi connectivity index (χ1) is 7.00. The van der Waals surface area contributed by atoms with Crippen molar-refractivity contribution in [1.29, 1.82) is 0 Å². The molecular formula is C11H10O4. The standard InChI is InChI=1S/C11H10O4/c1-5-3-7(12)9-8(4-5)15-6(2)10(13)11(9)14/h3-4,12-13H,1-2H3. The molecule has 0 aliphatic heterocycles. The summed E-state index contributed by atoms with van der Waals surface area (Å²) in [6.07, 6.45) is 0. The molecule has 2 aromatic rings. The highest BCUT2D eigenvalue weighted by molar-refractivity contribution is 5.85. The summed E-state index contributed by atoms with van der Waals surface area (Å²) in [6.45, 7) is 3.27. The van der Waals surface area contributed by atoms with Crippen LogP contribution in [0.15, 0.2) is 21.3 Å². The number of phenolic OH excluding ortho intramolecular Hbond substituents is 1. The first-order valence-electron chi connectivity index (χ1n) is 4.46. The Morgan fingerprint density at radius 2 is 1.87 bits per heavy atom. The van der Waals surface area contributed by atoms with Gasteiger partial charge < -0.3 is 14.6 Å². The van der Waals surface area contributed by atoms with Gasteiger partial charge in [-0.15, -0.1) is 0 Å². The first kappa shape index (κ1) is 9.58. The molecule has 15 heavy (non-hydrogen) atoms. The topological polar surface area (TPSA) is 70.7 Å². The quantitative estimate of drug-likeness (QED) is 0.689. The van der Waals surface area contributed by atoms with Gasteiger partial charge in [-0.05, 0) is 31.5 Å². The fourth-order valence-corrected chi connectivity index (χ4v) is 1.53. The van der Waals surface area contributed by atoms with Crippen molar-refractivity contribution in [2.24, 2.45) is 0 Å². The van der Waals surface area contributed by atoms with Crippen LogP contribution in [0.25, 0.3) is 11.0 Å². The molecule has 0 atom stereocenters. The maximum atomic E-state index is 11.6. The number of phenols is 1. The number of rotatable bonds is 0. The van der Waals surface area contributed by atoms with Crippen LogP contribution >= 0.6 is 0 Å². The minimum absolute atomic E-state index is 0.0173. The molecule has 0 radical (unpaired) electrons. The molecule has 1 aromatic carbocycles. The van der Waals surface area contributed by atoms with Crippen molar-refractivity contribution in [1.82, 2.24) is 0 Å². The van der Waals surface area contributed by atoms with E-state index in [9.17, 15) is 15.0 Å². The van der Waals surface area contributed by atoms with Crippen molar-refractivity contribution in [3.05, 3.63) is 33.7 Å². The Morgan fingerprint density at radius 3 is 2.53 bits per heavy atom. The molecule has 4 nitrogen and oxygen atoms in total. The van der Waals surface area contributed by atoms with Crippen LogP contribution in [0, 0.1) is 13.8 Å². The van der Waals surface area contributed by atoms with Gasteiger partial charge in [-0.2, -0.15) is 0 Å². The van der Waals surface area contributed by atoms with Gasteiger partial charge in [0.2, 0.25) is 11.2 Å². The summed E-state index contributed by atoms with van der Waals surface area (Å²) < 4.78 is 5.22. The van der Waals surface area contributed by atoms with E-state index in [0.717, 1.165) is 5.56 Å². The van der Waals surface area contributed by atoms with Gasteiger partial charge in [-0.25, -0.2) is 0 Å². The number of aryl methyl sites for hydroxylation is 2. The summed E-state index contributed by atoms with van der Waals surface area (Å²) in [4.78, 5) is 11.6. The Balaban J connectivity index is 3.06. The lowest BCUT2D eigenvalue weighted by atomic mass is 10.1. The minimum Gasteiger partial charge on any atom is -0.507 e. The van der Waals surface area contributed by atoms with Gasteiger partial charge in [0.25, 0.3) is 0 Å². The van der Waals surface area contributed by atoms with E-state index in [4.69, 9.17) is 4.42 Å². The second kappa shape index (κ2) is 3.02. The van der Waals surface area contributed by atoms with Crippen LogP contribution in [0.5, 0.6) is 11.5 Å². The van der Waals surface area contributed by atoms with E-state index in [1.54, 1.807) is 13.0 Å². The first-order valence-corrected chi connectivity index (χ1v) is 4.46. The van der Waals surface area contributed by atoms with Crippen molar-refractivity contribution >= 4 is 11.0 Å². The second-order valence-electron chi connectivity index (χ2n) is 3.49. The van der Waals surface area contributed by atoms with Gasteiger partial charge in [-0.3, -0.25) is 4.79 Å². The van der Waals surface area contributed by atoms with Crippen LogP contribution in [-0.4, -0.2) is 10.2 Å². The van der Waals surface area contributed by atoms with E-state index in [2.05, 4.69) is 0 Å². The Bertz CT molecular complexity index is 596. The van der Waals surface area contributed by atoms with Crippen molar-refractivity contribution in [3.63, 3.8) is 0 Å². The van der Waals surface area contributed by atoms with Crippen LogP contribution in [0.3, 0.4) is 0 Å². The van der Waals surface area contributed by atoms with Gasteiger partial charge in [0.05, 0.1) is 0 Å². The van der Waals surface area contributed by atoms with E-state index >= 15 is 0 Å². The third-order valence-corrected chi connectivity index (χ3v) is 2.26. The fourth-order valence-electron chi connectivity index (χ4n) is 1.53. The lowest BCUT2D eigenvalue weighted by Crippen LogP contribution is -2.02. The number of hydrogen-bond acceptors (Lipinski definition) is 4. The van der Waals surface area contributed by atoms with E-state index in [0.29, 0.717) is 0 Å². The van der Waals surface area contributed by atoms with Crippen molar-refractivity contribution in [2.45, 2.75) is 13.8 Å². The van der Waals surface area contributed by atoms with Crippen LogP contribution in [0.2, 0.25) is 0 Å². The van der Waals surface area contributed by atoms with Gasteiger partial charge in [0, 0.05) is 0 Å². The lowest BCUT2D eigenvalue weighted by molar-refractivity contribution is 0.424. The highest BCUT2D eigenvalue weighted by Gasteiger charge is 2.13. The molecule has 0 aliphatic carbocycles. The normalized spacial score (nSPS) is 10.8. The monoisotopic (exact) mass is 206 g/mol. The molecule has 1 aromatic heterocycles. The smallest absolute Gasteiger partial charge is 0.238 e. The van der Waals surface area contributed by atoms with Gasteiger partial charge >= 0.3 is 0 Å². The second-order valence-corrected chi connectivity index (χ2v) is 3.49. The molecule has 78 valence electrons. The van der Waals surface area contributed by atoms with Gasteiger partial charge in [0.15, 0.2) is 0 Å². The Morgan fingerprint density at radius 1 is 1.20 bits per heavy atom. The van der Waals surface area contributed by atoms with Crippen molar-refractivity contribution in [2.75, 3.05) is 0 Å². The number of fused-ring (bicyclic) bond motifs is 1. The molecule has 4 heteroatoms. The highest BCUT2D eigenvalue weighted by Crippen LogP contribution is 2.27. The van der Waals surface area contributed by atoms with Crippen LogP contribution in [-0.2, 0) is 0 Å². The van der Waals surface area contributed by atoms with E-state index in [-0.39, 0.29) is 22.5 Å². The molecule has 0 aliphatic rings. The molecule has 1 heterocycles. The molecule has 0 bridgehead atoms. The SMILES string of the molecule is Cc1cc(O)c2c(=O)c(O)c(C)oc2c1. The van der Waals surface area contributed by atoms with Crippen molar-refractivity contribution in [3.8, 4) is 11.5 Å². The molecule has 0 fully saturated rings.